The van der Waals surface area contributed by atoms with Crippen LogP contribution in [0.1, 0.15) is 45.6 Å². The maximum absolute atomic E-state index is 6.13. The number of guanidine groups is 1. The van der Waals surface area contributed by atoms with Crippen molar-refractivity contribution in [1.29, 1.82) is 0 Å². The molecule has 3 unspecified atom stereocenters. The van der Waals surface area contributed by atoms with Gasteiger partial charge in [0, 0.05) is 45.1 Å². The van der Waals surface area contributed by atoms with Crippen molar-refractivity contribution in [3.63, 3.8) is 0 Å². The minimum absolute atomic E-state index is 0.172. The monoisotopic (exact) mass is 401 g/mol. The fraction of sp³-hybridized carbons (Fsp3) is 0.708. The lowest BCUT2D eigenvalue weighted by Crippen LogP contribution is -2.48. The summed E-state index contributed by atoms with van der Waals surface area (Å²) >= 11 is 0. The second kappa shape index (κ2) is 10.4. The van der Waals surface area contributed by atoms with Crippen LogP contribution in [0.3, 0.4) is 0 Å². The summed E-state index contributed by atoms with van der Waals surface area (Å²) in [7, 11) is 1.89. The van der Waals surface area contributed by atoms with E-state index in [0.717, 1.165) is 51.6 Å². The molecule has 5 nitrogen and oxygen atoms in total. The van der Waals surface area contributed by atoms with E-state index in [2.05, 4.69) is 60.2 Å². The van der Waals surface area contributed by atoms with Crippen LogP contribution in [0.5, 0.6) is 0 Å². The summed E-state index contributed by atoms with van der Waals surface area (Å²) in [4.78, 5) is 6.94. The third-order valence-corrected chi connectivity index (χ3v) is 6.08. The summed E-state index contributed by atoms with van der Waals surface area (Å²) in [5, 5.41) is 3.64. The van der Waals surface area contributed by atoms with Crippen molar-refractivity contribution in [2.75, 3.05) is 39.9 Å². The van der Waals surface area contributed by atoms with Gasteiger partial charge in [0.25, 0.3) is 0 Å². The van der Waals surface area contributed by atoms with Gasteiger partial charge in [0.2, 0.25) is 0 Å². The summed E-state index contributed by atoms with van der Waals surface area (Å²) in [6, 6.07) is 10.4. The molecule has 0 amide bonds. The average molecular weight is 402 g/mol. The van der Waals surface area contributed by atoms with E-state index in [0.29, 0.717) is 24.5 Å². The molecule has 162 valence electrons. The molecule has 2 saturated heterocycles. The van der Waals surface area contributed by atoms with Crippen LogP contribution >= 0.6 is 0 Å². The number of rotatable bonds is 6. The smallest absolute Gasteiger partial charge is 0.193 e. The van der Waals surface area contributed by atoms with Gasteiger partial charge in [-0.3, -0.25) is 4.99 Å². The van der Waals surface area contributed by atoms with Gasteiger partial charge in [-0.15, -0.1) is 0 Å². The van der Waals surface area contributed by atoms with Gasteiger partial charge >= 0.3 is 0 Å². The zero-order chi connectivity index (χ0) is 20.7. The molecule has 1 aromatic rings. The van der Waals surface area contributed by atoms with Gasteiger partial charge in [0.05, 0.1) is 19.3 Å². The van der Waals surface area contributed by atoms with Gasteiger partial charge in [0.15, 0.2) is 5.96 Å². The highest BCUT2D eigenvalue weighted by atomic mass is 16.5. The number of hydrogen-bond acceptors (Lipinski definition) is 3. The normalized spacial score (nSPS) is 26.0. The molecule has 2 heterocycles. The van der Waals surface area contributed by atoms with Crippen LogP contribution in [0.25, 0.3) is 0 Å². The fourth-order valence-electron chi connectivity index (χ4n) is 4.64. The minimum Gasteiger partial charge on any atom is -0.377 e. The standard InChI is InChI=1S/C24H39N3O2/c1-24(2,3)22-21(11-8-14-29-22)15-26-23(25-4)27-13-12-20(16-27)18-28-17-19-9-6-5-7-10-19/h5-7,9-10,20-22H,8,11-18H2,1-4H3,(H,25,26). The highest BCUT2D eigenvalue weighted by molar-refractivity contribution is 5.80. The third kappa shape index (κ3) is 6.45. The van der Waals surface area contributed by atoms with Crippen LogP contribution in [-0.4, -0.2) is 56.9 Å². The molecule has 0 spiro atoms. The molecule has 2 fully saturated rings. The Morgan fingerprint density at radius 2 is 2.03 bits per heavy atom. The SMILES string of the molecule is CN=C(NCC1CCCOC1C(C)(C)C)N1CCC(COCc2ccccc2)C1. The van der Waals surface area contributed by atoms with E-state index in [-0.39, 0.29) is 5.41 Å². The van der Waals surface area contributed by atoms with E-state index >= 15 is 0 Å². The summed E-state index contributed by atoms with van der Waals surface area (Å²) in [6.45, 7) is 12.2. The molecule has 3 rings (SSSR count). The Morgan fingerprint density at radius 1 is 1.24 bits per heavy atom. The number of nitrogens with zero attached hydrogens (tertiary/aromatic N) is 2. The lowest BCUT2D eigenvalue weighted by molar-refractivity contribution is -0.0836. The Bertz CT molecular complexity index is 641. The van der Waals surface area contributed by atoms with Crippen LogP contribution < -0.4 is 5.32 Å². The van der Waals surface area contributed by atoms with E-state index in [1.165, 1.54) is 12.0 Å². The molecule has 1 aromatic carbocycles. The lowest BCUT2D eigenvalue weighted by Gasteiger charge is -2.40. The second-order valence-corrected chi connectivity index (χ2v) is 9.59. The quantitative estimate of drug-likeness (QED) is 0.579. The average Bonchev–Trinajstić information content (AvgIpc) is 3.17. The van der Waals surface area contributed by atoms with Crippen molar-refractivity contribution in [2.24, 2.45) is 22.2 Å². The first-order valence-electron chi connectivity index (χ1n) is 11.2. The van der Waals surface area contributed by atoms with E-state index in [1.807, 2.05) is 13.1 Å². The summed E-state index contributed by atoms with van der Waals surface area (Å²) in [5.41, 5.74) is 1.41. The zero-order valence-corrected chi connectivity index (χ0v) is 18.7. The van der Waals surface area contributed by atoms with Crippen molar-refractivity contribution < 1.29 is 9.47 Å². The predicted molar refractivity (Wildman–Crippen MR) is 119 cm³/mol. The molecule has 0 bridgehead atoms. The molecule has 2 aliphatic rings. The Balaban J connectivity index is 1.43. The number of likely N-dealkylation sites (tertiary alicyclic amines) is 1. The van der Waals surface area contributed by atoms with Crippen LogP contribution in [-0.2, 0) is 16.1 Å². The molecular weight excluding hydrogens is 362 g/mol. The molecule has 29 heavy (non-hydrogen) atoms. The van der Waals surface area contributed by atoms with Crippen molar-refractivity contribution >= 4 is 5.96 Å². The predicted octanol–water partition coefficient (Wildman–Crippen LogP) is 3.94. The van der Waals surface area contributed by atoms with Crippen LogP contribution in [0.2, 0.25) is 0 Å². The number of nitrogens with one attached hydrogen (secondary N) is 1. The van der Waals surface area contributed by atoms with Gasteiger partial charge < -0.3 is 19.7 Å². The molecule has 0 radical (unpaired) electrons. The highest BCUT2D eigenvalue weighted by Gasteiger charge is 2.35. The number of ether oxygens (including phenoxy) is 2. The summed E-state index contributed by atoms with van der Waals surface area (Å²) < 4.78 is 12.1. The molecule has 0 aliphatic carbocycles. The fourth-order valence-corrected chi connectivity index (χ4v) is 4.64. The summed E-state index contributed by atoms with van der Waals surface area (Å²) in [6.07, 6.45) is 3.84. The lowest BCUT2D eigenvalue weighted by atomic mass is 9.78. The number of hydrogen-bond donors (Lipinski definition) is 1. The molecule has 5 heteroatoms. The largest absolute Gasteiger partial charge is 0.377 e. The minimum atomic E-state index is 0.172. The van der Waals surface area contributed by atoms with Gasteiger partial charge in [-0.05, 0) is 30.2 Å². The van der Waals surface area contributed by atoms with E-state index in [1.54, 1.807) is 0 Å². The van der Waals surface area contributed by atoms with E-state index < -0.39 is 0 Å². The maximum Gasteiger partial charge on any atom is 0.193 e. The first-order valence-corrected chi connectivity index (χ1v) is 11.2. The second-order valence-electron chi connectivity index (χ2n) is 9.59. The van der Waals surface area contributed by atoms with E-state index in [4.69, 9.17) is 9.47 Å². The molecule has 3 atom stereocenters. The molecular formula is C24H39N3O2. The van der Waals surface area contributed by atoms with Crippen molar-refractivity contribution in [3.05, 3.63) is 35.9 Å². The first kappa shape index (κ1) is 22.1. The van der Waals surface area contributed by atoms with Gasteiger partial charge in [0.1, 0.15) is 0 Å². The Morgan fingerprint density at radius 3 is 2.76 bits per heavy atom. The first-order chi connectivity index (χ1) is 14.0. The Hall–Kier alpha value is -1.59. The molecule has 1 N–H and O–H groups in total. The van der Waals surface area contributed by atoms with Crippen molar-refractivity contribution in [3.8, 4) is 0 Å². The van der Waals surface area contributed by atoms with Crippen molar-refractivity contribution in [2.45, 2.75) is 52.7 Å². The molecule has 0 saturated carbocycles. The Kier molecular flexibility index (Phi) is 7.96. The maximum atomic E-state index is 6.13. The summed E-state index contributed by atoms with van der Waals surface area (Å²) in [5.74, 6) is 2.12. The zero-order valence-electron chi connectivity index (χ0n) is 18.7. The van der Waals surface area contributed by atoms with Crippen LogP contribution in [0.15, 0.2) is 35.3 Å². The molecule has 0 aromatic heterocycles. The van der Waals surface area contributed by atoms with Gasteiger partial charge in [-0.1, -0.05) is 51.1 Å². The van der Waals surface area contributed by atoms with Crippen LogP contribution in [0.4, 0.5) is 0 Å². The van der Waals surface area contributed by atoms with Gasteiger partial charge in [-0.25, -0.2) is 0 Å². The number of aliphatic imine (C=N–C) groups is 1. The highest BCUT2D eigenvalue weighted by Crippen LogP contribution is 2.33. The van der Waals surface area contributed by atoms with Crippen molar-refractivity contribution in [1.82, 2.24) is 10.2 Å². The van der Waals surface area contributed by atoms with Gasteiger partial charge in [-0.2, -0.15) is 0 Å². The number of benzene rings is 1. The Labute approximate surface area is 176 Å². The van der Waals surface area contributed by atoms with Crippen LogP contribution in [0, 0.1) is 17.3 Å². The molecule has 2 aliphatic heterocycles. The third-order valence-electron chi connectivity index (χ3n) is 6.08. The van der Waals surface area contributed by atoms with E-state index in [9.17, 15) is 0 Å². The topological polar surface area (TPSA) is 46.1 Å².